The molecule has 8 nitrogen and oxygen atoms in total. The number of carbonyl (C=O) groups excluding carboxylic acids is 1. The Labute approximate surface area is 155 Å². The molecule has 0 aliphatic heterocycles. The van der Waals surface area contributed by atoms with Gasteiger partial charge in [0.1, 0.15) is 5.75 Å². The first-order valence-electron chi connectivity index (χ1n) is 8.28. The topological polar surface area (TPSA) is 99.3 Å². The van der Waals surface area contributed by atoms with Crippen molar-refractivity contribution in [2.75, 3.05) is 6.61 Å². The average molecular weight is 366 g/mol. The molecule has 1 N–H and O–H groups in total. The highest BCUT2D eigenvalue weighted by Gasteiger charge is 2.11. The number of rotatable bonds is 7. The summed E-state index contributed by atoms with van der Waals surface area (Å²) in [6, 6.07) is 13.2. The van der Waals surface area contributed by atoms with Gasteiger partial charge in [0.05, 0.1) is 17.3 Å². The number of nitrogens with one attached hydrogen (secondary N) is 1. The summed E-state index contributed by atoms with van der Waals surface area (Å²) in [5.41, 5.74) is 1.92. The normalized spacial score (nSPS) is 11.6. The first-order valence-corrected chi connectivity index (χ1v) is 8.28. The first-order chi connectivity index (χ1) is 13.0. The third-order valence-electron chi connectivity index (χ3n) is 3.99. The summed E-state index contributed by atoms with van der Waals surface area (Å²) in [5, 5.41) is 13.5. The molecule has 0 unspecified atom stereocenters. The van der Waals surface area contributed by atoms with Crippen molar-refractivity contribution >= 4 is 11.6 Å². The minimum Gasteiger partial charge on any atom is -0.484 e. The van der Waals surface area contributed by atoms with Crippen LogP contribution in [-0.4, -0.2) is 27.0 Å². The Morgan fingerprint density at radius 1 is 1.22 bits per heavy atom. The van der Waals surface area contributed by atoms with E-state index in [0.717, 1.165) is 11.3 Å². The van der Waals surface area contributed by atoms with Gasteiger partial charge in [-0.25, -0.2) is 4.98 Å². The van der Waals surface area contributed by atoms with Crippen molar-refractivity contribution in [3.8, 4) is 11.4 Å². The molecule has 0 saturated carbocycles. The monoisotopic (exact) mass is 366 g/mol. The van der Waals surface area contributed by atoms with Gasteiger partial charge < -0.3 is 14.6 Å². The zero-order chi connectivity index (χ0) is 19.2. The van der Waals surface area contributed by atoms with Gasteiger partial charge in [0, 0.05) is 30.2 Å². The van der Waals surface area contributed by atoms with Crippen LogP contribution in [0.4, 0.5) is 5.69 Å². The number of ether oxygens (including phenoxy) is 1. The maximum Gasteiger partial charge on any atom is 0.269 e. The van der Waals surface area contributed by atoms with E-state index in [0.29, 0.717) is 5.75 Å². The van der Waals surface area contributed by atoms with Gasteiger partial charge in [-0.3, -0.25) is 14.9 Å². The van der Waals surface area contributed by atoms with Crippen LogP contribution in [-0.2, 0) is 4.79 Å². The van der Waals surface area contributed by atoms with Crippen molar-refractivity contribution in [1.82, 2.24) is 14.9 Å². The number of hydrogen-bond acceptors (Lipinski definition) is 5. The lowest BCUT2D eigenvalue weighted by molar-refractivity contribution is -0.384. The fraction of sp³-hybridized carbons (Fsp3) is 0.158. The quantitative estimate of drug-likeness (QED) is 0.512. The summed E-state index contributed by atoms with van der Waals surface area (Å²) in [5.74, 6) is 0.118. The minimum atomic E-state index is -0.490. The van der Waals surface area contributed by atoms with Crippen molar-refractivity contribution in [3.05, 3.63) is 82.9 Å². The van der Waals surface area contributed by atoms with E-state index in [-0.39, 0.29) is 24.2 Å². The van der Waals surface area contributed by atoms with E-state index >= 15 is 0 Å². The fourth-order valence-corrected chi connectivity index (χ4v) is 2.53. The number of nitro groups is 1. The number of aromatic nitrogens is 2. The van der Waals surface area contributed by atoms with Crippen LogP contribution < -0.4 is 10.1 Å². The van der Waals surface area contributed by atoms with Crippen LogP contribution in [0.5, 0.6) is 5.75 Å². The van der Waals surface area contributed by atoms with Crippen LogP contribution in [0, 0.1) is 10.1 Å². The summed E-state index contributed by atoms with van der Waals surface area (Å²) in [7, 11) is 0. The van der Waals surface area contributed by atoms with Gasteiger partial charge in [0.25, 0.3) is 11.6 Å². The van der Waals surface area contributed by atoms with Gasteiger partial charge in [-0.1, -0.05) is 12.1 Å². The third kappa shape index (κ3) is 4.69. The Bertz CT molecular complexity index is 906. The molecule has 2 aromatic carbocycles. The SMILES string of the molecule is C[C@H](NC(=O)COc1ccc([N+](=O)[O-])cc1)c1ccc(-n2ccnc2)cc1. The molecule has 0 spiro atoms. The van der Waals surface area contributed by atoms with Crippen LogP contribution in [0.25, 0.3) is 5.69 Å². The average Bonchev–Trinajstić information content (AvgIpc) is 3.21. The Balaban J connectivity index is 1.52. The second kappa shape index (κ2) is 8.13. The summed E-state index contributed by atoms with van der Waals surface area (Å²) >= 11 is 0. The molecule has 1 amide bonds. The Kier molecular flexibility index (Phi) is 5.46. The zero-order valence-corrected chi connectivity index (χ0v) is 14.6. The highest BCUT2D eigenvalue weighted by atomic mass is 16.6. The van der Waals surface area contributed by atoms with Crippen molar-refractivity contribution < 1.29 is 14.5 Å². The number of hydrogen-bond donors (Lipinski definition) is 1. The van der Waals surface area contributed by atoms with Crippen LogP contribution in [0.3, 0.4) is 0 Å². The Hall–Kier alpha value is -3.68. The van der Waals surface area contributed by atoms with E-state index in [1.807, 2.05) is 42.0 Å². The molecule has 0 radical (unpaired) electrons. The molecule has 0 aliphatic carbocycles. The minimum absolute atomic E-state index is 0.0282. The predicted octanol–water partition coefficient (Wildman–Crippen LogP) is 3.04. The Morgan fingerprint density at radius 3 is 2.52 bits per heavy atom. The summed E-state index contributed by atoms with van der Waals surface area (Å²) < 4.78 is 7.26. The van der Waals surface area contributed by atoms with Crippen molar-refractivity contribution in [2.45, 2.75) is 13.0 Å². The lowest BCUT2D eigenvalue weighted by Crippen LogP contribution is -2.31. The van der Waals surface area contributed by atoms with Gasteiger partial charge in [-0.05, 0) is 36.8 Å². The lowest BCUT2D eigenvalue weighted by atomic mass is 10.1. The summed E-state index contributed by atoms with van der Waals surface area (Å²) in [4.78, 5) is 26.2. The van der Waals surface area contributed by atoms with E-state index in [1.165, 1.54) is 24.3 Å². The molecule has 0 saturated heterocycles. The van der Waals surface area contributed by atoms with Crippen LogP contribution in [0.2, 0.25) is 0 Å². The van der Waals surface area contributed by atoms with Gasteiger partial charge >= 0.3 is 0 Å². The largest absolute Gasteiger partial charge is 0.484 e. The lowest BCUT2D eigenvalue weighted by Gasteiger charge is -2.15. The Morgan fingerprint density at radius 2 is 1.93 bits per heavy atom. The zero-order valence-electron chi connectivity index (χ0n) is 14.6. The summed E-state index contributed by atoms with van der Waals surface area (Å²) in [6.07, 6.45) is 5.28. The maximum atomic E-state index is 12.1. The molecule has 0 fully saturated rings. The van der Waals surface area contributed by atoms with Crippen molar-refractivity contribution in [1.29, 1.82) is 0 Å². The second-order valence-electron chi connectivity index (χ2n) is 5.89. The molecule has 8 heteroatoms. The van der Waals surface area contributed by atoms with Crippen LogP contribution in [0.15, 0.2) is 67.3 Å². The molecule has 0 aliphatic rings. The smallest absolute Gasteiger partial charge is 0.269 e. The van der Waals surface area contributed by atoms with Gasteiger partial charge in [0.15, 0.2) is 6.61 Å². The van der Waals surface area contributed by atoms with Gasteiger partial charge in [-0.15, -0.1) is 0 Å². The third-order valence-corrected chi connectivity index (χ3v) is 3.99. The number of amides is 1. The summed E-state index contributed by atoms with van der Waals surface area (Å²) in [6.45, 7) is 1.71. The van der Waals surface area contributed by atoms with Crippen LogP contribution in [0.1, 0.15) is 18.5 Å². The number of carbonyl (C=O) groups is 1. The fourth-order valence-electron chi connectivity index (χ4n) is 2.53. The van der Waals surface area contributed by atoms with Gasteiger partial charge in [-0.2, -0.15) is 0 Å². The molecule has 3 rings (SSSR count). The van der Waals surface area contributed by atoms with Crippen molar-refractivity contribution in [3.63, 3.8) is 0 Å². The van der Waals surface area contributed by atoms with Crippen LogP contribution >= 0.6 is 0 Å². The van der Waals surface area contributed by atoms with E-state index < -0.39 is 4.92 Å². The predicted molar refractivity (Wildman–Crippen MR) is 98.7 cm³/mol. The molecular weight excluding hydrogens is 348 g/mol. The van der Waals surface area contributed by atoms with E-state index in [2.05, 4.69) is 10.3 Å². The number of nitrogens with zero attached hydrogens (tertiary/aromatic N) is 3. The standard InChI is InChI=1S/C19H18N4O4/c1-14(15-2-4-16(5-3-15)22-11-10-20-13-22)21-19(24)12-27-18-8-6-17(7-9-18)23(25)26/h2-11,13-14H,12H2,1H3,(H,21,24)/t14-/m0/s1. The molecule has 27 heavy (non-hydrogen) atoms. The molecule has 1 atom stereocenters. The molecule has 3 aromatic rings. The van der Waals surface area contributed by atoms with E-state index in [9.17, 15) is 14.9 Å². The maximum absolute atomic E-state index is 12.1. The molecular formula is C19H18N4O4. The molecule has 138 valence electrons. The number of benzene rings is 2. The van der Waals surface area contributed by atoms with Crippen molar-refractivity contribution in [2.24, 2.45) is 0 Å². The first kappa shape index (κ1) is 18.1. The molecule has 1 heterocycles. The highest BCUT2D eigenvalue weighted by molar-refractivity contribution is 5.78. The second-order valence-corrected chi connectivity index (χ2v) is 5.89. The van der Waals surface area contributed by atoms with E-state index in [4.69, 9.17) is 4.74 Å². The van der Waals surface area contributed by atoms with Gasteiger partial charge in [0.2, 0.25) is 0 Å². The molecule has 1 aromatic heterocycles. The molecule has 0 bridgehead atoms. The number of nitro benzene ring substituents is 1. The number of non-ortho nitro benzene ring substituents is 1. The van der Waals surface area contributed by atoms with E-state index in [1.54, 1.807) is 12.5 Å². The number of imidazole rings is 1. The highest BCUT2D eigenvalue weighted by Crippen LogP contribution is 2.18.